The summed E-state index contributed by atoms with van der Waals surface area (Å²) in [5.74, 6) is 0. The quantitative estimate of drug-likeness (QED) is 0.789. The SMILES string of the molecule is CCCc1ccc(S(=O)(=O)N(C)CCc2ccncc2)cc1. The van der Waals surface area contributed by atoms with E-state index in [2.05, 4.69) is 11.9 Å². The Morgan fingerprint density at radius 3 is 2.14 bits per heavy atom. The topological polar surface area (TPSA) is 50.3 Å². The van der Waals surface area contributed by atoms with E-state index in [4.69, 9.17) is 0 Å². The van der Waals surface area contributed by atoms with Gasteiger partial charge in [0.15, 0.2) is 0 Å². The monoisotopic (exact) mass is 318 g/mol. The van der Waals surface area contributed by atoms with Crippen LogP contribution in [0.3, 0.4) is 0 Å². The highest BCUT2D eigenvalue weighted by molar-refractivity contribution is 7.89. The molecule has 0 aliphatic heterocycles. The van der Waals surface area contributed by atoms with Crippen LogP contribution in [0.5, 0.6) is 0 Å². The number of nitrogens with zero attached hydrogens (tertiary/aromatic N) is 2. The van der Waals surface area contributed by atoms with E-state index in [0.29, 0.717) is 17.9 Å². The summed E-state index contributed by atoms with van der Waals surface area (Å²) in [5, 5.41) is 0. The highest BCUT2D eigenvalue weighted by Gasteiger charge is 2.20. The summed E-state index contributed by atoms with van der Waals surface area (Å²) < 4.78 is 26.5. The fourth-order valence-corrected chi connectivity index (χ4v) is 3.42. The van der Waals surface area contributed by atoms with Gasteiger partial charge in [0.1, 0.15) is 0 Å². The first-order valence-corrected chi connectivity index (χ1v) is 8.92. The molecule has 118 valence electrons. The van der Waals surface area contributed by atoms with Crippen molar-refractivity contribution in [3.8, 4) is 0 Å². The molecule has 0 saturated heterocycles. The third-order valence-electron chi connectivity index (χ3n) is 3.63. The summed E-state index contributed by atoms with van der Waals surface area (Å²) in [7, 11) is -1.80. The van der Waals surface area contributed by atoms with Gasteiger partial charge in [0.25, 0.3) is 0 Å². The number of sulfonamides is 1. The minimum absolute atomic E-state index is 0.351. The predicted octanol–water partition coefficient (Wildman–Crippen LogP) is 2.90. The second-order valence-corrected chi connectivity index (χ2v) is 7.37. The van der Waals surface area contributed by atoms with Gasteiger partial charge in [-0.3, -0.25) is 4.98 Å². The Kier molecular flexibility index (Phi) is 5.69. The third-order valence-corrected chi connectivity index (χ3v) is 5.51. The Balaban J connectivity index is 2.05. The van der Waals surface area contributed by atoms with Crippen LogP contribution >= 0.6 is 0 Å². The highest BCUT2D eigenvalue weighted by atomic mass is 32.2. The molecule has 1 aromatic heterocycles. The van der Waals surface area contributed by atoms with Crippen LogP contribution in [0.2, 0.25) is 0 Å². The average molecular weight is 318 g/mol. The van der Waals surface area contributed by atoms with E-state index in [9.17, 15) is 8.42 Å². The largest absolute Gasteiger partial charge is 0.265 e. The van der Waals surface area contributed by atoms with E-state index in [-0.39, 0.29) is 0 Å². The van der Waals surface area contributed by atoms with Gasteiger partial charge in [0, 0.05) is 26.0 Å². The van der Waals surface area contributed by atoms with Crippen LogP contribution in [-0.4, -0.2) is 31.3 Å². The van der Waals surface area contributed by atoms with Gasteiger partial charge in [0.05, 0.1) is 4.90 Å². The van der Waals surface area contributed by atoms with E-state index < -0.39 is 10.0 Å². The van der Waals surface area contributed by atoms with Crippen molar-refractivity contribution in [3.05, 3.63) is 59.9 Å². The van der Waals surface area contributed by atoms with E-state index >= 15 is 0 Å². The van der Waals surface area contributed by atoms with Crippen LogP contribution in [0.15, 0.2) is 53.7 Å². The van der Waals surface area contributed by atoms with E-state index in [1.54, 1.807) is 31.6 Å². The smallest absolute Gasteiger partial charge is 0.242 e. The maximum absolute atomic E-state index is 12.5. The molecule has 0 unspecified atom stereocenters. The van der Waals surface area contributed by atoms with Gasteiger partial charge in [-0.05, 0) is 48.2 Å². The summed E-state index contributed by atoms with van der Waals surface area (Å²) in [6.07, 6.45) is 6.13. The van der Waals surface area contributed by atoms with Crippen LogP contribution in [-0.2, 0) is 22.9 Å². The van der Waals surface area contributed by atoms with E-state index in [0.717, 1.165) is 18.4 Å². The van der Waals surface area contributed by atoms with Crippen molar-refractivity contribution in [2.75, 3.05) is 13.6 Å². The summed E-state index contributed by atoms with van der Waals surface area (Å²) in [5.41, 5.74) is 2.25. The number of likely N-dealkylation sites (N-methyl/N-ethyl adjacent to an activating group) is 1. The van der Waals surface area contributed by atoms with Crippen molar-refractivity contribution < 1.29 is 8.42 Å². The van der Waals surface area contributed by atoms with Gasteiger partial charge in [0.2, 0.25) is 10.0 Å². The number of aryl methyl sites for hydroxylation is 1. The fraction of sp³-hybridized carbons (Fsp3) is 0.353. The van der Waals surface area contributed by atoms with Gasteiger partial charge >= 0.3 is 0 Å². The molecule has 5 heteroatoms. The first-order chi connectivity index (χ1) is 10.5. The van der Waals surface area contributed by atoms with Gasteiger partial charge in [-0.25, -0.2) is 12.7 Å². The molecular weight excluding hydrogens is 296 g/mol. The fourth-order valence-electron chi connectivity index (χ4n) is 2.25. The summed E-state index contributed by atoms with van der Waals surface area (Å²) in [4.78, 5) is 4.31. The molecule has 0 saturated carbocycles. The zero-order chi connectivity index (χ0) is 16.0. The van der Waals surface area contributed by atoms with E-state index in [1.165, 1.54) is 9.87 Å². The first-order valence-electron chi connectivity index (χ1n) is 7.48. The average Bonchev–Trinajstić information content (AvgIpc) is 2.54. The molecule has 0 radical (unpaired) electrons. The number of benzene rings is 1. The normalized spacial score (nSPS) is 11.8. The highest BCUT2D eigenvalue weighted by Crippen LogP contribution is 2.16. The molecule has 2 rings (SSSR count). The molecule has 4 nitrogen and oxygen atoms in total. The van der Waals surface area contributed by atoms with Gasteiger partial charge in [-0.1, -0.05) is 25.5 Å². The van der Waals surface area contributed by atoms with Crippen LogP contribution in [0, 0.1) is 0 Å². The third kappa shape index (κ3) is 4.15. The molecule has 0 spiro atoms. The van der Waals surface area contributed by atoms with Crippen molar-refractivity contribution in [2.45, 2.75) is 31.1 Å². The lowest BCUT2D eigenvalue weighted by molar-refractivity contribution is 0.472. The minimum atomic E-state index is -3.42. The van der Waals surface area contributed by atoms with Crippen molar-refractivity contribution in [1.29, 1.82) is 0 Å². The molecule has 0 aliphatic rings. The van der Waals surface area contributed by atoms with Crippen LogP contribution < -0.4 is 0 Å². The summed E-state index contributed by atoms with van der Waals surface area (Å²) in [6.45, 7) is 2.56. The molecule has 22 heavy (non-hydrogen) atoms. The lowest BCUT2D eigenvalue weighted by atomic mass is 10.1. The first kappa shape index (κ1) is 16.6. The lowest BCUT2D eigenvalue weighted by Crippen LogP contribution is -2.29. The molecule has 2 aromatic rings. The molecular formula is C17H22N2O2S. The van der Waals surface area contributed by atoms with Crippen LogP contribution in [0.1, 0.15) is 24.5 Å². The minimum Gasteiger partial charge on any atom is -0.265 e. The maximum atomic E-state index is 12.5. The van der Waals surface area contributed by atoms with Gasteiger partial charge in [-0.15, -0.1) is 0 Å². The van der Waals surface area contributed by atoms with E-state index in [1.807, 2.05) is 24.3 Å². The Labute approximate surface area is 132 Å². The summed E-state index contributed by atoms with van der Waals surface area (Å²) in [6, 6.07) is 11.0. The van der Waals surface area contributed by atoms with Crippen molar-refractivity contribution >= 4 is 10.0 Å². The number of pyridine rings is 1. The number of hydrogen-bond donors (Lipinski definition) is 0. The molecule has 1 heterocycles. The number of rotatable bonds is 7. The Hall–Kier alpha value is -1.72. The Bertz CT molecular complexity index is 682. The van der Waals surface area contributed by atoms with Crippen LogP contribution in [0.4, 0.5) is 0 Å². The van der Waals surface area contributed by atoms with Crippen molar-refractivity contribution in [1.82, 2.24) is 9.29 Å². The van der Waals surface area contributed by atoms with Gasteiger partial charge < -0.3 is 0 Å². The summed E-state index contributed by atoms with van der Waals surface area (Å²) >= 11 is 0. The molecule has 0 fully saturated rings. The Morgan fingerprint density at radius 2 is 1.55 bits per heavy atom. The maximum Gasteiger partial charge on any atom is 0.242 e. The lowest BCUT2D eigenvalue weighted by Gasteiger charge is -2.17. The van der Waals surface area contributed by atoms with Crippen molar-refractivity contribution in [3.63, 3.8) is 0 Å². The zero-order valence-electron chi connectivity index (χ0n) is 13.1. The number of aromatic nitrogens is 1. The van der Waals surface area contributed by atoms with Crippen molar-refractivity contribution in [2.24, 2.45) is 0 Å². The molecule has 0 N–H and O–H groups in total. The standard InChI is InChI=1S/C17H22N2O2S/c1-3-4-15-5-7-17(8-6-15)22(20,21)19(2)14-11-16-9-12-18-13-10-16/h5-10,12-13H,3-4,11,14H2,1-2H3. The predicted molar refractivity (Wildman–Crippen MR) is 88.2 cm³/mol. The zero-order valence-corrected chi connectivity index (χ0v) is 13.9. The Morgan fingerprint density at radius 1 is 0.955 bits per heavy atom. The molecule has 1 aromatic carbocycles. The second kappa shape index (κ2) is 7.51. The number of hydrogen-bond acceptors (Lipinski definition) is 3. The molecule has 0 amide bonds. The molecule has 0 bridgehead atoms. The van der Waals surface area contributed by atoms with Crippen LogP contribution in [0.25, 0.3) is 0 Å². The molecule has 0 aliphatic carbocycles. The second-order valence-electron chi connectivity index (χ2n) is 5.33. The van der Waals surface area contributed by atoms with Gasteiger partial charge in [-0.2, -0.15) is 0 Å². The molecule has 0 atom stereocenters.